The molecule has 0 aromatic heterocycles. The van der Waals surface area contributed by atoms with Crippen LogP contribution in [-0.2, 0) is 0 Å². The van der Waals surface area contributed by atoms with Crippen LogP contribution in [0.4, 0.5) is 0 Å². The molecule has 0 heterocycles. The Morgan fingerprint density at radius 3 is 2.19 bits per heavy atom. The first-order chi connectivity index (χ1) is 7.56. The first kappa shape index (κ1) is 15.5. The van der Waals surface area contributed by atoms with E-state index in [4.69, 9.17) is 0 Å². The topological polar surface area (TPSA) is 0 Å². The number of rotatable bonds is 8. The molecule has 0 heteroatoms. The Morgan fingerprint density at radius 1 is 1.00 bits per heavy atom. The molecule has 0 atom stereocenters. The number of hydrogen-bond donors (Lipinski definition) is 0. The monoisotopic (exact) mass is 222 g/mol. The zero-order chi connectivity index (χ0) is 12.4. The minimum atomic E-state index is 0.850. The molecule has 0 spiro atoms. The van der Waals surface area contributed by atoms with Gasteiger partial charge in [-0.1, -0.05) is 50.5 Å². The molecule has 0 aliphatic carbocycles. The molecule has 0 aliphatic heterocycles. The van der Waals surface area contributed by atoms with Crippen molar-refractivity contribution >= 4 is 0 Å². The predicted octanol–water partition coefficient (Wildman–Crippen LogP) is 5.90. The van der Waals surface area contributed by atoms with Crippen molar-refractivity contribution in [3.63, 3.8) is 0 Å². The molecule has 0 unspecified atom stereocenters. The fourth-order valence-electron chi connectivity index (χ4n) is 1.89. The fraction of sp³-hybridized carbons (Fsp3) is 0.750. The smallest absolute Gasteiger partial charge is 0.0288 e. The van der Waals surface area contributed by atoms with Crippen LogP contribution in [0.2, 0.25) is 0 Å². The van der Waals surface area contributed by atoms with Crippen LogP contribution in [-0.4, -0.2) is 0 Å². The largest absolute Gasteiger partial charge is 0.0859 e. The number of allylic oxidation sites excluding steroid dienone is 4. The molecule has 0 fully saturated rings. The van der Waals surface area contributed by atoms with Crippen molar-refractivity contribution in [1.82, 2.24) is 0 Å². The summed E-state index contributed by atoms with van der Waals surface area (Å²) in [5, 5.41) is 0. The van der Waals surface area contributed by atoms with Gasteiger partial charge in [0.25, 0.3) is 0 Å². The van der Waals surface area contributed by atoms with Gasteiger partial charge < -0.3 is 0 Å². The highest BCUT2D eigenvalue weighted by Gasteiger charge is 1.95. The second-order valence-electron chi connectivity index (χ2n) is 5.33. The highest BCUT2D eigenvalue weighted by atomic mass is 14.0. The van der Waals surface area contributed by atoms with Gasteiger partial charge >= 0.3 is 0 Å². The van der Waals surface area contributed by atoms with Crippen molar-refractivity contribution < 1.29 is 0 Å². The van der Waals surface area contributed by atoms with Crippen LogP contribution >= 0.6 is 0 Å². The van der Waals surface area contributed by atoms with Gasteiger partial charge in [-0.3, -0.25) is 0 Å². The Bertz CT molecular complexity index is 218. The molecule has 0 amide bonds. The highest BCUT2D eigenvalue weighted by molar-refractivity contribution is 5.03. The summed E-state index contributed by atoms with van der Waals surface area (Å²) in [4.78, 5) is 0. The molecule has 0 bridgehead atoms. The molecule has 0 aromatic rings. The van der Waals surface area contributed by atoms with Crippen LogP contribution < -0.4 is 0 Å². The van der Waals surface area contributed by atoms with Crippen molar-refractivity contribution in [2.24, 2.45) is 5.92 Å². The van der Waals surface area contributed by atoms with E-state index in [1.807, 2.05) is 0 Å². The maximum absolute atomic E-state index is 2.42. The Balaban J connectivity index is 3.66. The third kappa shape index (κ3) is 10.0. The van der Waals surface area contributed by atoms with E-state index in [0.29, 0.717) is 0 Å². The molecule has 0 saturated carbocycles. The second kappa shape index (κ2) is 9.69. The van der Waals surface area contributed by atoms with Gasteiger partial charge in [-0.15, -0.1) is 0 Å². The standard InChI is InChI=1S/C16H30/c1-6-9-15(4)12-8-13-16(5)11-7-10-14(2)3/h9,13-14H,6-8,10-12H2,1-5H3/b15-9+,16-13+. The fourth-order valence-corrected chi connectivity index (χ4v) is 1.89. The van der Waals surface area contributed by atoms with Crippen LogP contribution in [0.1, 0.15) is 73.1 Å². The molecule has 0 aromatic carbocycles. The maximum Gasteiger partial charge on any atom is -0.0288 e. The molecule has 0 radical (unpaired) electrons. The Kier molecular flexibility index (Phi) is 9.37. The molecular weight excluding hydrogens is 192 g/mol. The molecule has 16 heavy (non-hydrogen) atoms. The van der Waals surface area contributed by atoms with Crippen molar-refractivity contribution in [2.75, 3.05) is 0 Å². The molecule has 0 saturated heterocycles. The summed E-state index contributed by atoms with van der Waals surface area (Å²) < 4.78 is 0. The van der Waals surface area contributed by atoms with Gasteiger partial charge in [-0.05, 0) is 51.9 Å². The molecule has 0 nitrogen and oxygen atoms in total. The van der Waals surface area contributed by atoms with Crippen molar-refractivity contribution in [3.8, 4) is 0 Å². The minimum Gasteiger partial charge on any atom is -0.0859 e. The van der Waals surface area contributed by atoms with E-state index < -0.39 is 0 Å². The summed E-state index contributed by atoms with van der Waals surface area (Å²) in [6.07, 6.45) is 12.4. The Labute approximate surface area is 103 Å². The van der Waals surface area contributed by atoms with Gasteiger partial charge in [0.1, 0.15) is 0 Å². The van der Waals surface area contributed by atoms with Gasteiger partial charge in [0.15, 0.2) is 0 Å². The third-order valence-electron chi connectivity index (χ3n) is 2.94. The van der Waals surface area contributed by atoms with Crippen LogP contribution in [0.25, 0.3) is 0 Å². The first-order valence-corrected chi connectivity index (χ1v) is 6.87. The summed E-state index contributed by atoms with van der Waals surface area (Å²) in [5.41, 5.74) is 3.11. The zero-order valence-electron chi connectivity index (χ0n) is 12.0. The minimum absolute atomic E-state index is 0.850. The average Bonchev–Trinajstić information content (AvgIpc) is 2.17. The quantitative estimate of drug-likeness (QED) is 0.449. The highest BCUT2D eigenvalue weighted by Crippen LogP contribution is 2.14. The van der Waals surface area contributed by atoms with Crippen LogP contribution in [0.5, 0.6) is 0 Å². The summed E-state index contributed by atoms with van der Waals surface area (Å²) >= 11 is 0. The van der Waals surface area contributed by atoms with Crippen molar-refractivity contribution in [2.45, 2.75) is 73.1 Å². The van der Waals surface area contributed by atoms with Crippen LogP contribution in [0.15, 0.2) is 23.3 Å². The lowest BCUT2D eigenvalue weighted by molar-refractivity contribution is 0.554. The lowest BCUT2D eigenvalue weighted by Gasteiger charge is -2.05. The van der Waals surface area contributed by atoms with Gasteiger partial charge in [-0.2, -0.15) is 0 Å². The van der Waals surface area contributed by atoms with E-state index >= 15 is 0 Å². The molecule has 0 aliphatic rings. The van der Waals surface area contributed by atoms with E-state index in [9.17, 15) is 0 Å². The maximum atomic E-state index is 2.42. The lowest BCUT2D eigenvalue weighted by Crippen LogP contribution is -1.87. The molecular formula is C16H30. The van der Waals surface area contributed by atoms with Crippen molar-refractivity contribution in [3.05, 3.63) is 23.3 Å². The van der Waals surface area contributed by atoms with Gasteiger partial charge in [0.2, 0.25) is 0 Å². The summed E-state index contributed by atoms with van der Waals surface area (Å²) in [6, 6.07) is 0. The molecule has 94 valence electrons. The zero-order valence-corrected chi connectivity index (χ0v) is 12.0. The summed E-state index contributed by atoms with van der Waals surface area (Å²) in [5.74, 6) is 0.850. The first-order valence-electron chi connectivity index (χ1n) is 6.87. The number of hydrogen-bond acceptors (Lipinski definition) is 0. The summed E-state index contributed by atoms with van der Waals surface area (Å²) in [7, 11) is 0. The molecule has 0 rings (SSSR count). The van der Waals surface area contributed by atoms with Gasteiger partial charge in [0, 0.05) is 0 Å². The molecule has 0 N–H and O–H groups in total. The van der Waals surface area contributed by atoms with E-state index in [1.165, 1.54) is 44.1 Å². The van der Waals surface area contributed by atoms with Crippen LogP contribution in [0, 0.1) is 5.92 Å². The predicted molar refractivity (Wildman–Crippen MR) is 75.7 cm³/mol. The van der Waals surface area contributed by atoms with E-state index in [1.54, 1.807) is 5.57 Å². The van der Waals surface area contributed by atoms with Gasteiger partial charge in [-0.25, -0.2) is 0 Å². The Morgan fingerprint density at radius 2 is 1.62 bits per heavy atom. The third-order valence-corrected chi connectivity index (χ3v) is 2.94. The van der Waals surface area contributed by atoms with E-state index in [2.05, 4.69) is 46.8 Å². The van der Waals surface area contributed by atoms with Crippen LogP contribution in [0.3, 0.4) is 0 Å². The second-order valence-corrected chi connectivity index (χ2v) is 5.33. The van der Waals surface area contributed by atoms with Crippen molar-refractivity contribution in [1.29, 1.82) is 0 Å². The van der Waals surface area contributed by atoms with Gasteiger partial charge in [0.05, 0.1) is 0 Å². The van der Waals surface area contributed by atoms with E-state index in [-0.39, 0.29) is 0 Å². The average molecular weight is 222 g/mol. The summed E-state index contributed by atoms with van der Waals surface area (Å²) in [6.45, 7) is 11.3. The normalized spacial score (nSPS) is 13.6. The lowest BCUT2D eigenvalue weighted by atomic mass is 10.0. The Hall–Kier alpha value is -0.520. The van der Waals surface area contributed by atoms with E-state index in [0.717, 1.165) is 5.92 Å². The SMILES string of the molecule is CC/C=C(\C)CC/C=C(\C)CCCC(C)C.